The predicted octanol–water partition coefficient (Wildman–Crippen LogP) is 5.47. The Bertz CT molecular complexity index is 839. The molecule has 1 heterocycles. The van der Waals surface area contributed by atoms with Gasteiger partial charge in [-0.3, -0.25) is 4.57 Å². The molecule has 3 aromatic carbocycles. The van der Waals surface area contributed by atoms with Gasteiger partial charge in [-0.2, -0.15) is 0 Å². The zero-order valence-corrected chi connectivity index (χ0v) is 13.5. The topological polar surface area (TPSA) is 17.8 Å². The molecular formula is C19H15BrN2. The number of fused-ring (bicyclic) bond motifs is 1. The van der Waals surface area contributed by atoms with Gasteiger partial charge in [0.2, 0.25) is 0 Å². The molecule has 3 heteroatoms. The highest BCUT2D eigenvalue weighted by atomic mass is 79.9. The SMILES string of the molecule is Brc1ccccc1.c1ccc(-n2cnc3ccccc32)cc1. The van der Waals surface area contributed by atoms with Crippen molar-refractivity contribution in [2.45, 2.75) is 0 Å². The molecule has 108 valence electrons. The van der Waals surface area contributed by atoms with Gasteiger partial charge in [0.1, 0.15) is 6.33 Å². The summed E-state index contributed by atoms with van der Waals surface area (Å²) in [6.07, 6.45) is 1.86. The molecule has 0 aliphatic carbocycles. The highest BCUT2D eigenvalue weighted by Crippen LogP contribution is 2.16. The molecular weight excluding hydrogens is 336 g/mol. The summed E-state index contributed by atoms with van der Waals surface area (Å²) in [5.74, 6) is 0. The monoisotopic (exact) mass is 350 g/mol. The van der Waals surface area contributed by atoms with Gasteiger partial charge >= 0.3 is 0 Å². The maximum Gasteiger partial charge on any atom is 0.100 e. The van der Waals surface area contributed by atoms with E-state index in [1.807, 2.05) is 73.1 Å². The minimum Gasteiger partial charge on any atom is -0.299 e. The van der Waals surface area contributed by atoms with Crippen molar-refractivity contribution in [3.05, 3.63) is 95.7 Å². The fourth-order valence-corrected chi connectivity index (χ4v) is 2.47. The Labute approximate surface area is 138 Å². The van der Waals surface area contributed by atoms with Crippen LogP contribution in [0.1, 0.15) is 0 Å². The molecule has 0 fully saturated rings. The van der Waals surface area contributed by atoms with E-state index in [2.05, 4.69) is 43.7 Å². The van der Waals surface area contributed by atoms with Gasteiger partial charge in [-0.15, -0.1) is 0 Å². The quantitative estimate of drug-likeness (QED) is 0.444. The zero-order valence-electron chi connectivity index (χ0n) is 11.9. The van der Waals surface area contributed by atoms with E-state index in [-0.39, 0.29) is 0 Å². The van der Waals surface area contributed by atoms with Crippen molar-refractivity contribution in [2.75, 3.05) is 0 Å². The second-order valence-corrected chi connectivity index (χ2v) is 5.65. The van der Waals surface area contributed by atoms with Crippen LogP contribution in [0.25, 0.3) is 16.7 Å². The highest BCUT2D eigenvalue weighted by molar-refractivity contribution is 9.10. The Hall–Kier alpha value is -2.39. The summed E-state index contributed by atoms with van der Waals surface area (Å²) in [6, 6.07) is 28.3. The second-order valence-electron chi connectivity index (χ2n) is 4.73. The van der Waals surface area contributed by atoms with Gasteiger partial charge in [-0.05, 0) is 36.4 Å². The molecule has 0 amide bonds. The van der Waals surface area contributed by atoms with E-state index < -0.39 is 0 Å². The Morgan fingerprint density at radius 2 is 1.27 bits per heavy atom. The molecule has 0 aliphatic heterocycles. The minimum absolute atomic E-state index is 1.03. The van der Waals surface area contributed by atoms with E-state index in [1.54, 1.807) is 0 Å². The minimum atomic E-state index is 1.03. The summed E-state index contributed by atoms with van der Waals surface area (Å²) in [4.78, 5) is 4.36. The van der Waals surface area contributed by atoms with Gasteiger partial charge in [-0.25, -0.2) is 4.98 Å². The average molecular weight is 351 g/mol. The largest absolute Gasteiger partial charge is 0.299 e. The molecule has 0 aliphatic rings. The number of nitrogens with zero attached hydrogens (tertiary/aromatic N) is 2. The number of hydrogen-bond acceptors (Lipinski definition) is 1. The number of rotatable bonds is 1. The third kappa shape index (κ3) is 3.43. The number of benzene rings is 3. The molecule has 1 aromatic heterocycles. The summed E-state index contributed by atoms with van der Waals surface area (Å²) in [5, 5.41) is 0. The molecule has 0 bridgehead atoms. The number of imidazole rings is 1. The van der Waals surface area contributed by atoms with Crippen LogP contribution in [0.15, 0.2) is 95.7 Å². The molecule has 0 atom stereocenters. The lowest BCUT2D eigenvalue weighted by Crippen LogP contribution is -1.90. The standard InChI is InChI=1S/C13H10N2.C6H5Br/c1-2-6-11(7-3-1)15-10-14-12-8-4-5-9-13(12)15;7-6-4-2-1-3-5-6/h1-10H;1-5H. The first-order valence-corrected chi connectivity index (χ1v) is 7.82. The van der Waals surface area contributed by atoms with E-state index in [9.17, 15) is 0 Å². The summed E-state index contributed by atoms with van der Waals surface area (Å²) in [5.41, 5.74) is 3.32. The first-order chi connectivity index (χ1) is 10.8. The van der Waals surface area contributed by atoms with Crippen molar-refractivity contribution < 1.29 is 0 Å². The molecule has 0 N–H and O–H groups in total. The van der Waals surface area contributed by atoms with Crippen molar-refractivity contribution in [3.63, 3.8) is 0 Å². The van der Waals surface area contributed by atoms with Crippen molar-refractivity contribution >= 4 is 27.0 Å². The molecule has 0 saturated heterocycles. The second kappa shape index (κ2) is 7.05. The smallest absolute Gasteiger partial charge is 0.100 e. The van der Waals surface area contributed by atoms with E-state index in [1.165, 1.54) is 0 Å². The summed E-state index contributed by atoms with van der Waals surface area (Å²) in [7, 11) is 0. The Morgan fingerprint density at radius 1 is 0.682 bits per heavy atom. The van der Waals surface area contributed by atoms with Crippen LogP contribution in [0, 0.1) is 0 Å². The van der Waals surface area contributed by atoms with Crippen LogP contribution >= 0.6 is 15.9 Å². The average Bonchev–Trinajstić information content (AvgIpc) is 3.01. The van der Waals surface area contributed by atoms with Crippen molar-refractivity contribution in [3.8, 4) is 5.69 Å². The lowest BCUT2D eigenvalue weighted by Gasteiger charge is -2.02. The molecule has 2 nitrogen and oxygen atoms in total. The number of halogens is 1. The van der Waals surface area contributed by atoms with Gasteiger partial charge < -0.3 is 0 Å². The third-order valence-electron chi connectivity index (χ3n) is 3.22. The normalized spacial score (nSPS) is 10.0. The van der Waals surface area contributed by atoms with Crippen LogP contribution < -0.4 is 0 Å². The highest BCUT2D eigenvalue weighted by Gasteiger charge is 2.01. The van der Waals surface area contributed by atoms with E-state index in [0.717, 1.165) is 21.2 Å². The predicted molar refractivity (Wildman–Crippen MR) is 95.2 cm³/mol. The lowest BCUT2D eigenvalue weighted by molar-refractivity contribution is 1.09. The Balaban J connectivity index is 0.000000174. The van der Waals surface area contributed by atoms with Crippen molar-refractivity contribution in [1.29, 1.82) is 0 Å². The van der Waals surface area contributed by atoms with Gasteiger partial charge in [0, 0.05) is 10.2 Å². The zero-order chi connectivity index (χ0) is 15.2. The first-order valence-electron chi connectivity index (χ1n) is 7.02. The van der Waals surface area contributed by atoms with Crippen LogP contribution in [0.3, 0.4) is 0 Å². The maximum atomic E-state index is 4.36. The van der Waals surface area contributed by atoms with Gasteiger partial charge in [0.25, 0.3) is 0 Å². The maximum absolute atomic E-state index is 4.36. The van der Waals surface area contributed by atoms with Crippen LogP contribution in [0.4, 0.5) is 0 Å². The van der Waals surface area contributed by atoms with Crippen molar-refractivity contribution in [2.24, 2.45) is 0 Å². The molecule has 0 spiro atoms. The summed E-state index contributed by atoms with van der Waals surface area (Å²) >= 11 is 3.31. The summed E-state index contributed by atoms with van der Waals surface area (Å²) < 4.78 is 3.23. The molecule has 22 heavy (non-hydrogen) atoms. The Morgan fingerprint density at radius 3 is 1.91 bits per heavy atom. The van der Waals surface area contributed by atoms with Gasteiger partial charge in [-0.1, -0.05) is 64.5 Å². The molecule has 0 unspecified atom stereocenters. The summed E-state index contributed by atoms with van der Waals surface area (Å²) in [6.45, 7) is 0. The van der Waals surface area contributed by atoms with Crippen molar-refractivity contribution in [1.82, 2.24) is 9.55 Å². The lowest BCUT2D eigenvalue weighted by atomic mass is 10.3. The van der Waals surface area contributed by atoms with E-state index in [0.29, 0.717) is 0 Å². The van der Waals surface area contributed by atoms with Crippen LogP contribution in [0.2, 0.25) is 0 Å². The molecule has 4 rings (SSSR count). The first kappa shape index (κ1) is 14.5. The number of aromatic nitrogens is 2. The molecule has 4 aromatic rings. The van der Waals surface area contributed by atoms with Gasteiger partial charge in [0.15, 0.2) is 0 Å². The molecule has 0 radical (unpaired) electrons. The van der Waals surface area contributed by atoms with Crippen LogP contribution in [-0.2, 0) is 0 Å². The fraction of sp³-hybridized carbons (Fsp3) is 0. The van der Waals surface area contributed by atoms with E-state index >= 15 is 0 Å². The number of hydrogen-bond donors (Lipinski definition) is 0. The van der Waals surface area contributed by atoms with Crippen LogP contribution in [0.5, 0.6) is 0 Å². The van der Waals surface area contributed by atoms with Crippen LogP contribution in [-0.4, -0.2) is 9.55 Å². The Kier molecular flexibility index (Phi) is 4.66. The number of para-hydroxylation sites is 3. The van der Waals surface area contributed by atoms with E-state index in [4.69, 9.17) is 0 Å². The fourth-order valence-electron chi connectivity index (χ4n) is 2.17. The third-order valence-corrected chi connectivity index (χ3v) is 3.75. The molecule has 0 saturated carbocycles. The van der Waals surface area contributed by atoms with Gasteiger partial charge in [0.05, 0.1) is 11.0 Å².